The smallest absolute Gasteiger partial charge is 0.146 e. The summed E-state index contributed by atoms with van der Waals surface area (Å²) in [5, 5.41) is 14.4. The van der Waals surface area contributed by atoms with Crippen molar-refractivity contribution in [2.45, 2.75) is 0 Å². The first-order chi connectivity index (χ1) is 28.7. The molecule has 3 nitrogen and oxygen atoms in total. The molecule has 0 amide bonds. The van der Waals surface area contributed by atoms with Crippen LogP contribution in [-0.2, 0) is 0 Å². The summed E-state index contributed by atoms with van der Waals surface area (Å²) in [5.74, 6) is 0.924. The Morgan fingerprint density at radius 1 is 0.345 bits per heavy atom. The molecule has 0 spiro atoms. The minimum atomic E-state index is 0.924. The van der Waals surface area contributed by atoms with E-state index in [2.05, 4.69) is 222 Å². The first-order valence-corrected chi connectivity index (χ1v) is 19.9. The van der Waals surface area contributed by atoms with Gasteiger partial charge < -0.3 is 4.90 Å². The molecule has 0 atom stereocenters. The lowest BCUT2D eigenvalue weighted by atomic mass is 9.92. The summed E-state index contributed by atoms with van der Waals surface area (Å²) in [6, 6.07) is 77.2. The van der Waals surface area contributed by atoms with Gasteiger partial charge in [-0.15, -0.1) is 0 Å². The van der Waals surface area contributed by atoms with Crippen LogP contribution >= 0.6 is 0 Å². The van der Waals surface area contributed by atoms with Crippen molar-refractivity contribution in [3.8, 4) is 17.1 Å². The number of rotatable bonds is 5. The van der Waals surface area contributed by atoms with Crippen molar-refractivity contribution in [3.05, 3.63) is 212 Å². The van der Waals surface area contributed by atoms with E-state index in [0.717, 1.165) is 66.7 Å². The fourth-order valence-electron chi connectivity index (χ4n) is 9.16. The second kappa shape index (κ2) is 12.9. The first-order valence-electron chi connectivity index (χ1n) is 19.9. The van der Waals surface area contributed by atoms with Crippen LogP contribution in [0, 0.1) is 0 Å². The van der Waals surface area contributed by atoms with Crippen LogP contribution in [0.5, 0.6) is 0 Å². The van der Waals surface area contributed by atoms with Crippen molar-refractivity contribution in [2.24, 2.45) is 0 Å². The maximum absolute atomic E-state index is 5.42. The largest absolute Gasteiger partial charge is 0.309 e. The first kappa shape index (κ1) is 32.5. The summed E-state index contributed by atoms with van der Waals surface area (Å²) < 4.78 is 2.32. The van der Waals surface area contributed by atoms with Gasteiger partial charge in [-0.2, -0.15) is 0 Å². The molecule has 0 saturated carbocycles. The van der Waals surface area contributed by atoms with Gasteiger partial charge in [0.25, 0.3) is 0 Å². The van der Waals surface area contributed by atoms with Crippen LogP contribution in [0.15, 0.2) is 212 Å². The number of hydrogen-bond donors (Lipinski definition) is 0. The normalized spacial score (nSPS) is 11.8. The number of para-hydroxylation sites is 3. The fourth-order valence-corrected chi connectivity index (χ4v) is 9.16. The van der Waals surface area contributed by atoms with Gasteiger partial charge in [-0.05, 0) is 127 Å². The molecule has 0 N–H and O–H groups in total. The Morgan fingerprint density at radius 3 is 1.33 bits per heavy atom. The van der Waals surface area contributed by atoms with Crippen LogP contribution in [0.2, 0.25) is 0 Å². The topological polar surface area (TPSA) is 21.1 Å². The molecular weight excluding hydrogens is 703 g/mol. The maximum atomic E-state index is 5.42. The van der Waals surface area contributed by atoms with E-state index in [1.54, 1.807) is 0 Å². The summed E-state index contributed by atoms with van der Waals surface area (Å²) in [6.07, 6.45) is 0. The van der Waals surface area contributed by atoms with Crippen molar-refractivity contribution in [2.75, 3.05) is 4.90 Å². The summed E-state index contributed by atoms with van der Waals surface area (Å²) in [6.45, 7) is 0. The van der Waals surface area contributed by atoms with Crippen molar-refractivity contribution < 1.29 is 0 Å². The molecule has 0 aliphatic carbocycles. The predicted octanol–water partition coefficient (Wildman–Crippen LogP) is 15.1. The second-order valence-electron chi connectivity index (χ2n) is 15.2. The Balaban J connectivity index is 1.18. The van der Waals surface area contributed by atoms with E-state index >= 15 is 0 Å². The van der Waals surface area contributed by atoms with E-state index in [9.17, 15) is 0 Å². The van der Waals surface area contributed by atoms with E-state index in [0.29, 0.717) is 0 Å². The highest BCUT2D eigenvalue weighted by atomic mass is 15.1. The number of imidazole rings is 1. The summed E-state index contributed by atoms with van der Waals surface area (Å²) in [5.41, 5.74) is 7.58. The van der Waals surface area contributed by atoms with Crippen LogP contribution in [0.25, 0.3) is 92.7 Å². The van der Waals surface area contributed by atoms with Crippen molar-refractivity contribution in [1.82, 2.24) is 9.55 Å². The average molecular weight is 738 g/mol. The Hall–Kier alpha value is -7.75. The molecule has 1 heterocycles. The van der Waals surface area contributed by atoms with Gasteiger partial charge in [0.15, 0.2) is 0 Å². The molecule has 0 aliphatic heterocycles. The Morgan fingerprint density at radius 2 is 0.776 bits per heavy atom. The van der Waals surface area contributed by atoms with E-state index in [1.165, 1.54) is 43.1 Å². The molecule has 0 unspecified atom stereocenters. The molecule has 0 fully saturated rings. The SMILES string of the molecule is c1ccc(-n2c(-c3c4ccccc4c(N(c4ccc5cc6ccccc6cc5c4)c4ccc5cc6ccccc6cc5c4)c4ccccc34)nc3ccccc32)cc1. The lowest BCUT2D eigenvalue weighted by Gasteiger charge is -2.30. The monoisotopic (exact) mass is 737 g/mol. The number of aromatic nitrogens is 2. The number of fused-ring (bicyclic) bond motifs is 7. The molecule has 0 saturated heterocycles. The van der Waals surface area contributed by atoms with Gasteiger partial charge in [0.1, 0.15) is 5.82 Å². The number of anilines is 3. The maximum Gasteiger partial charge on any atom is 0.146 e. The molecule has 12 rings (SSSR count). The minimum absolute atomic E-state index is 0.924. The standard InChI is InChI=1S/C55H35N3/c1-2-18-44(19-3-1)58-52-25-13-12-24-51(52)56-55(58)53-47-20-8-10-22-49(47)54(50-23-11-9-21-48(50)53)57(45-28-26-40-30-36-14-4-6-16-38(36)32-42(40)34-45)46-29-27-41-31-37-15-5-7-17-39(37)33-43(41)35-46/h1-35H. The van der Waals surface area contributed by atoms with Crippen molar-refractivity contribution in [3.63, 3.8) is 0 Å². The van der Waals surface area contributed by atoms with Crippen LogP contribution in [0.4, 0.5) is 17.1 Å². The average Bonchev–Trinajstić information content (AvgIpc) is 3.67. The van der Waals surface area contributed by atoms with Gasteiger partial charge >= 0.3 is 0 Å². The molecule has 0 aliphatic rings. The molecule has 1 aromatic heterocycles. The second-order valence-corrected chi connectivity index (χ2v) is 15.2. The Bertz CT molecular complexity index is 3410. The fraction of sp³-hybridized carbons (Fsp3) is 0. The lowest BCUT2D eigenvalue weighted by Crippen LogP contribution is -2.12. The van der Waals surface area contributed by atoms with E-state index in [1.807, 2.05) is 0 Å². The third-order valence-electron chi connectivity index (χ3n) is 11.8. The van der Waals surface area contributed by atoms with Crippen molar-refractivity contribution in [1.29, 1.82) is 0 Å². The number of hydrogen-bond acceptors (Lipinski definition) is 2. The van der Waals surface area contributed by atoms with Gasteiger partial charge in [0.2, 0.25) is 0 Å². The van der Waals surface area contributed by atoms with Crippen LogP contribution in [-0.4, -0.2) is 9.55 Å². The van der Waals surface area contributed by atoms with Gasteiger partial charge in [-0.3, -0.25) is 4.57 Å². The number of nitrogens with zero attached hydrogens (tertiary/aromatic N) is 3. The van der Waals surface area contributed by atoms with E-state index in [-0.39, 0.29) is 0 Å². The molecule has 0 bridgehead atoms. The molecule has 12 aromatic rings. The molecule has 3 heteroatoms. The van der Waals surface area contributed by atoms with Gasteiger partial charge in [-0.1, -0.05) is 140 Å². The quantitative estimate of drug-likeness (QED) is 0.164. The predicted molar refractivity (Wildman–Crippen MR) is 246 cm³/mol. The van der Waals surface area contributed by atoms with Crippen molar-refractivity contribution >= 4 is 92.7 Å². The lowest BCUT2D eigenvalue weighted by molar-refractivity contribution is 1.11. The van der Waals surface area contributed by atoms with Gasteiger partial charge in [0.05, 0.1) is 16.7 Å². The van der Waals surface area contributed by atoms with E-state index < -0.39 is 0 Å². The van der Waals surface area contributed by atoms with Gasteiger partial charge in [-0.25, -0.2) is 4.98 Å². The zero-order chi connectivity index (χ0) is 38.2. The van der Waals surface area contributed by atoms with Crippen LogP contribution < -0.4 is 4.90 Å². The summed E-state index contributed by atoms with van der Waals surface area (Å²) in [4.78, 5) is 7.90. The highest BCUT2D eigenvalue weighted by Crippen LogP contribution is 2.49. The molecule has 11 aromatic carbocycles. The summed E-state index contributed by atoms with van der Waals surface area (Å²) in [7, 11) is 0. The Labute approximate surface area is 335 Å². The molecular formula is C55H35N3. The van der Waals surface area contributed by atoms with E-state index in [4.69, 9.17) is 4.98 Å². The highest BCUT2D eigenvalue weighted by Gasteiger charge is 2.25. The highest BCUT2D eigenvalue weighted by molar-refractivity contribution is 6.22. The number of benzene rings is 11. The van der Waals surface area contributed by atoms with Crippen LogP contribution in [0.1, 0.15) is 0 Å². The minimum Gasteiger partial charge on any atom is -0.309 e. The molecule has 270 valence electrons. The van der Waals surface area contributed by atoms with Crippen LogP contribution in [0.3, 0.4) is 0 Å². The zero-order valence-electron chi connectivity index (χ0n) is 31.5. The molecule has 58 heavy (non-hydrogen) atoms. The summed E-state index contributed by atoms with van der Waals surface area (Å²) >= 11 is 0. The Kier molecular flexibility index (Phi) is 7.23. The molecule has 0 radical (unpaired) electrons. The zero-order valence-corrected chi connectivity index (χ0v) is 31.5. The van der Waals surface area contributed by atoms with Gasteiger partial charge in [0, 0.05) is 33.4 Å². The third kappa shape index (κ3) is 5.11. The third-order valence-corrected chi connectivity index (χ3v) is 11.8.